The van der Waals surface area contributed by atoms with E-state index in [1.54, 1.807) is 0 Å². The van der Waals surface area contributed by atoms with Crippen LogP contribution in [0.4, 0.5) is 0 Å². The van der Waals surface area contributed by atoms with Crippen molar-refractivity contribution >= 4 is 17.9 Å². The van der Waals surface area contributed by atoms with Crippen LogP contribution in [0.1, 0.15) is 258 Å². The van der Waals surface area contributed by atoms with Gasteiger partial charge in [-0.2, -0.15) is 0 Å². The molecule has 0 aromatic carbocycles. The van der Waals surface area contributed by atoms with Gasteiger partial charge in [0.05, 0.1) is 0 Å². The first-order valence-electron chi connectivity index (χ1n) is 28.9. The number of ether oxygens (including phenoxy) is 3. The molecular formula is C64H106O6. The number of hydrogen-bond donors (Lipinski definition) is 0. The quantitative estimate of drug-likeness (QED) is 0.0262. The van der Waals surface area contributed by atoms with Crippen molar-refractivity contribution in [1.82, 2.24) is 0 Å². The van der Waals surface area contributed by atoms with Crippen molar-refractivity contribution in [3.05, 3.63) is 109 Å². The zero-order valence-electron chi connectivity index (χ0n) is 45.5. The van der Waals surface area contributed by atoms with Crippen molar-refractivity contribution in [3.8, 4) is 0 Å². The van der Waals surface area contributed by atoms with Crippen molar-refractivity contribution < 1.29 is 28.6 Å². The molecule has 0 aliphatic rings. The average molecular weight is 972 g/mol. The highest BCUT2D eigenvalue weighted by Gasteiger charge is 2.19. The first-order chi connectivity index (χ1) is 34.5. The van der Waals surface area contributed by atoms with Crippen LogP contribution in [0.25, 0.3) is 0 Å². The zero-order valence-corrected chi connectivity index (χ0v) is 45.5. The predicted molar refractivity (Wildman–Crippen MR) is 302 cm³/mol. The Morgan fingerprint density at radius 1 is 0.300 bits per heavy atom. The minimum Gasteiger partial charge on any atom is -0.462 e. The van der Waals surface area contributed by atoms with Crippen LogP contribution in [0, 0.1) is 0 Å². The molecule has 0 heterocycles. The SMILES string of the molecule is CC/C=C\C/C=C\C/C=C\C/C=C\CCCCCCCCCCCCCCC(=O)OCC(COC(=O)CC/C=C\C/C=C\C/C=C\C/C=C\CC)OC(=O)CCCCCCC/C=C\CCCCCCC. The van der Waals surface area contributed by atoms with Gasteiger partial charge in [0.1, 0.15) is 13.2 Å². The molecule has 0 aliphatic heterocycles. The third kappa shape index (κ3) is 55.0. The lowest BCUT2D eigenvalue weighted by atomic mass is 10.0. The summed E-state index contributed by atoms with van der Waals surface area (Å²) >= 11 is 0. The molecular weight excluding hydrogens is 865 g/mol. The summed E-state index contributed by atoms with van der Waals surface area (Å²) in [7, 11) is 0. The smallest absolute Gasteiger partial charge is 0.306 e. The van der Waals surface area contributed by atoms with Crippen molar-refractivity contribution in [2.24, 2.45) is 0 Å². The largest absolute Gasteiger partial charge is 0.462 e. The van der Waals surface area contributed by atoms with Gasteiger partial charge < -0.3 is 14.2 Å². The summed E-state index contributed by atoms with van der Waals surface area (Å²) in [5, 5.41) is 0. The van der Waals surface area contributed by atoms with Gasteiger partial charge in [-0.1, -0.05) is 239 Å². The second-order valence-corrected chi connectivity index (χ2v) is 18.8. The molecule has 1 unspecified atom stereocenters. The van der Waals surface area contributed by atoms with E-state index >= 15 is 0 Å². The van der Waals surface area contributed by atoms with Crippen molar-refractivity contribution in [2.75, 3.05) is 13.2 Å². The summed E-state index contributed by atoms with van der Waals surface area (Å²) < 4.78 is 16.8. The Balaban J connectivity index is 4.35. The van der Waals surface area contributed by atoms with Crippen LogP contribution in [-0.4, -0.2) is 37.2 Å². The van der Waals surface area contributed by atoms with Crippen LogP contribution in [0.15, 0.2) is 109 Å². The van der Waals surface area contributed by atoms with Crippen LogP contribution in [0.2, 0.25) is 0 Å². The number of carbonyl (C=O) groups is 3. The molecule has 0 radical (unpaired) electrons. The van der Waals surface area contributed by atoms with E-state index in [1.165, 1.54) is 109 Å². The highest BCUT2D eigenvalue weighted by Crippen LogP contribution is 2.15. The molecule has 0 aliphatic carbocycles. The van der Waals surface area contributed by atoms with Gasteiger partial charge in [0.2, 0.25) is 0 Å². The number of esters is 3. The number of hydrogen-bond acceptors (Lipinski definition) is 6. The minimum atomic E-state index is -0.813. The van der Waals surface area contributed by atoms with Crippen LogP contribution >= 0.6 is 0 Å². The van der Waals surface area contributed by atoms with Gasteiger partial charge >= 0.3 is 17.9 Å². The van der Waals surface area contributed by atoms with Crippen LogP contribution in [0.3, 0.4) is 0 Å². The maximum Gasteiger partial charge on any atom is 0.306 e. The highest BCUT2D eigenvalue weighted by atomic mass is 16.6. The monoisotopic (exact) mass is 971 g/mol. The molecule has 70 heavy (non-hydrogen) atoms. The van der Waals surface area contributed by atoms with Crippen molar-refractivity contribution in [2.45, 2.75) is 264 Å². The normalized spacial score (nSPS) is 12.9. The fraction of sp³-hybridized carbons (Fsp3) is 0.672. The molecule has 6 nitrogen and oxygen atoms in total. The molecule has 6 heteroatoms. The van der Waals surface area contributed by atoms with Gasteiger partial charge in [-0.3, -0.25) is 14.4 Å². The molecule has 0 aromatic rings. The fourth-order valence-corrected chi connectivity index (χ4v) is 7.74. The Labute approximate surface area is 431 Å². The predicted octanol–water partition coefficient (Wildman–Crippen LogP) is 19.5. The summed E-state index contributed by atoms with van der Waals surface area (Å²) in [4.78, 5) is 38.1. The second kappa shape index (κ2) is 57.6. The van der Waals surface area contributed by atoms with Crippen LogP contribution in [-0.2, 0) is 28.6 Å². The van der Waals surface area contributed by atoms with Crippen LogP contribution in [0.5, 0.6) is 0 Å². The number of carbonyl (C=O) groups excluding carboxylic acids is 3. The molecule has 0 N–H and O–H groups in total. The summed E-state index contributed by atoms with van der Waals surface area (Å²) in [5.74, 6) is -1.000. The van der Waals surface area contributed by atoms with Gasteiger partial charge in [0, 0.05) is 19.3 Å². The lowest BCUT2D eigenvalue weighted by Gasteiger charge is -2.18. The van der Waals surface area contributed by atoms with Gasteiger partial charge in [-0.05, 0) is 109 Å². The average Bonchev–Trinajstić information content (AvgIpc) is 3.36. The third-order valence-electron chi connectivity index (χ3n) is 12.0. The number of rotatable bonds is 51. The molecule has 0 rings (SSSR count). The second-order valence-electron chi connectivity index (χ2n) is 18.8. The molecule has 398 valence electrons. The molecule has 0 spiro atoms. The Morgan fingerprint density at radius 2 is 0.586 bits per heavy atom. The van der Waals surface area contributed by atoms with Crippen molar-refractivity contribution in [1.29, 1.82) is 0 Å². The Morgan fingerprint density at radius 3 is 0.971 bits per heavy atom. The molecule has 1 atom stereocenters. The van der Waals surface area contributed by atoms with E-state index in [0.29, 0.717) is 19.3 Å². The lowest BCUT2D eigenvalue weighted by molar-refractivity contribution is -0.166. The van der Waals surface area contributed by atoms with E-state index < -0.39 is 6.10 Å². The lowest BCUT2D eigenvalue weighted by Crippen LogP contribution is -2.30. The van der Waals surface area contributed by atoms with E-state index in [4.69, 9.17) is 14.2 Å². The van der Waals surface area contributed by atoms with E-state index in [9.17, 15) is 14.4 Å². The summed E-state index contributed by atoms with van der Waals surface area (Å²) in [6.45, 7) is 6.33. The number of allylic oxidation sites excluding steroid dienone is 18. The summed E-state index contributed by atoms with van der Waals surface area (Å²) in [6, 6.07) is 0. The summed E-state index contributed by atoms with van der Waals surface area (Å²) in [6.07, 6.45) is 78.2. The van der Waals surface area contributed by atoms with Gasteiger partial charge in [-0.25, -0.2) is 0 Å². The maximum atomic E-state index is 12.8. The third-order valence-corrected chi connectivity index (χ3v) is 12.0. The van der Waals surface area contributed by atoms with Crippen molar-refractivity contribution in [3.63, 3.8) is 0 Å². The topological polar surface area (TPSA) is 78.9 Å². The van der Waals surface area contributed by atoms with Gasteiger partial charge in [-0.15, -0.1) is 0 Å². The fourth-order valence-electron chi connectivity index (χ4n) is 7.74. The zero-order chi connectivity index (χ0) is 50.7. The minimum absolute atomic E-state index is 0.105. The molecule has 0 bridgehead atoms. The number of unbranched alkanes of at least 4 members (excludes halogenated alkanes) is 22. The molecule has 0 saturated carbocycles. The van der Waals surface area contributed by atoms with Gasteiger partial charge in [0.15, 0.2) is 6.10 Å². The van der Waals surface area contributed by atoms with Gasteiger partial charge in [0.25, 0.3) is 0 Å². The first kappa shape index (κ1) is 66.1. The molecule has 0 amide bonds. The van der Waals surface area contributed by atoms with E-state index in [2.05, 4.69) is 124 Å². The molecule has 0 aromatic heterocycles. The van der Waals surface area contributed by atoms with E-state index in [0.717, 1.165) is 103 Å². The Hall–Kier alpha value is -3.93. The Bertz CT molecular complexity index is 1440. The first-order valence-corrected chi connectivity index (χ1v) is 28.9. The van der Waals surface area contributed by atoms with Crippen LogP contribution < -0.4 is 0 Å². The standard InChI is InChI=1S/C64H106O6/c1-4-7-10-13-16-19-22-25-27-28-29-30-31-32-33-34-35-36-37-40-42-45-48-51-54-57-63(66)69-60-61(59-68-62(65)56-53-50-47-44-41-38-24-21-18-15-12-9-6-3)70-64(67)58-55-52-49-46-43-39-26-23-20-17-14-11-8-5-2/h7,9-10,12,16,18-19,21,23,25-27,29-30,38,41,47,50,61H,4-6,8,11,13-15,17,20,22,24,28,31-37,39-40,42-46,48-49,51-60H2,1-3H3/b10-7-,12-9-,19-16-,21-18-,26-23-,27-25-,30-29-,41-38-,50-47-. The van der Waals surface area contributed by atoms with E-state index in [-0.39, 0.29) is 37.5 Å². The molecule has 0 saturated heterocycles. The van der Waals surface area contributed by atoms with E-state index in [1.807, 2.05) is 6.08 Å². The maximum absolute atomic E-state index is 12.8. The Kier molecular flexibility index (Phi) is 54.4. The highest BCUT2D eigenvalue weighted by molar-refractivity contribution is 5.71. The molecule has 0 fully saturated rings. The summed E-state index contributed by atoms with van der Waals surface area (Å²) in [5.41, 5.74) is 0.